The van der Waals surface area contributed by atoms with E-state index in [0.29, 0.717) is 15.6 Å². The number of benzene rings is 2. The molecule has 2 rings (SSSR count). The molecule has 0 amide bonds. The summed E-state index contributed by atoms with van der Waals surface area (Å²) in [5, 5.41) is 19.7. The predicted octanol–water partition coefficient (Wildman–Crippen LogP) is 4.08. The van der Waals surface area contributed by atoms with Gasteiger partial charge in [0.1, 0.15) is 5.75 Å². The fourth-order valence-electron chi connectivity index (χ4n) is 1.75. The Labute approximate surface area is 121 Å². The van der Waals surface area contributed by atoms with Crippen LogP contribution in [-0.4, -0.2) is 16.2 Å². The molecule has 0 unspecified atom stereocenters. The number of carbonyl (C=O) groups is 1. The van der Waals surface area contributed by atoms with E-state index < -0.39 is 11.1 Å². The van der Waals surface area contributed by atoms with Crippen LogP contribution in [0.25, 0.3) is 11.1 Å². The number of nitro benzene ring substituents is 1. The standard InChI is InChI=1S/C13H8BrNO5/c14-12-9(5-3-7-11(12)20-13(16)17)8-4-1-2-6-10(8)15(18)19/h1-7H,(H,16,17). The molecule has 0 radical (unpaired) electrons. The largest absolute Gasteiger partial charge is 0.511 e. The maximum atomic E-state index is 11.0. The van der Waals surface area contributed by atoms with Crippen LogP contribution in [0.3, 0.4) is 0 Å². The maximum absolute atomic E-state index is 11.0. The van der Waals surface area contributed by atoms with Crippen LogP contribution in [0.5, 0.6) is 5.75 Å². The van der Waals surface area contributed by atoms with Crippen LogP contribution in [0.1, 0.15) is 0 Å². The Morgan fingerprint density at radius 1 is 1.15 bits per heavy atom. The zero-order valence-electron chi connectivity index (χ0n) is 9.95. The van der Waals surface area contributed by atoms with E-state index in [2.05, 4.69) is 20.7 Å². The van der Waals surface area contributed by atoms with E-state index in [0.717, 1.165) is 0 Å². The minimum atomic E-state index is -1.45. The van der Waals surface area contributed by atoms with Gasteiger partial charge in [0, 0.05) is 11.6 Å². The van der Waals surface area contributed by atoms with Crippen molar-refractivity contribution in [1.29, 1.82) is 0 Å². The normalized spacial score (nSPS) is 10.1. The molecule has 0 bridgehead atoms. The fourth-order valence-corrected chi connectivity index (χ4v) is 2.31. The van der Waals surface area contributed by atoms with E-state index in [-0.39, 0.29) is 11.4 Å². The molecule has 0 aliphatic carbocycles. The third-order valence-electron chi connectivity index (χ3n) is 2.55. The minimum absolute atomic E-state index is 0.0688. The van der Waals surface area contributed by atoms with E-state index in [1.165, 1.54) is 12.1 Å². The van der Waals surface area contributed by atoms with Crippen LogP contribution in [0.2, 0.25) is 0 Å². The first-order valence-corrected chi connectivity index (χ1v) is 6.23. The first-order chi connectivity index (χ1) is 9.50. The second-order valence-electron chi connectivity index (χ2n) is 3.76. The molecule has 0 atom stereocenters. The number of carboxylic acid groups (broad SMARTS) is 1. The highest BCUT2D eigenvalue weighted by molar-refractivity contribution is 9.10. The minimum Gasteiger partial charge on any atom is -0.449 e. The van der Waals surface area contributed by atoms with E-state index in [1.54, 1.807) is 30.3 Å². The van der Waals surface area contributed by atoms with E-state index in [1.807, 2.05) is 0 Å². The predicted molar refractivity (Wildman–Crippen MR) is 74.9 cm³/mol. The number of hydrogen-bond acceptors (Lipinski definition) is 4. The highest BCUT2D eigenvalue weighted by atomic mass is 79.9. The molecule has 0 saturated carbocycles. The number of hydrogen-bond donors (Lipinski definition) is 1. The van der Waals surface area contributed by atoms with Gasteiger partial charge in [-0.2, -0.15) is 0 Å². The van der Waals surface area contributed by atoms with Crippen molar-refractivity contribution in [2.24, 2.45) is 0 Å². The van der Waals surface area contributed by atoms with Crippen molar-refractivity contribution in [2.75, 3.05) is 0 Å². The fraction of sp³-hybridized carbons (Fsp3) is 0. The van der Waals surface area contributed by atoms with Gasteiger partial charge in [-0.3, -0.25) is 10.1 Å². The van der Waals surface area contributed by atoms with Crippen LogP contribution in [0.15, 0.2) is 46.9 Å². The van der Waals surface area contributed by atoms with Gasteiger partial charge in [-0.1, -0.05) is 24.3 Å². The van der Waals surface area contributed by atoms with E-state index in [4.69, 9.17) is 5.11 Å². The van der Waals surface area contributed by atoms with Crippen LogP contribution in [0.4, 0.5) is 10.5 Å². The summed E-state index contributed by atoms with van der Waals surface area (Å²) in [5.74, 6) is 0.0770. The Kier molecular flexibility index (Phi) is 3.99. The molecular weight excluding hydrogens is 330 g/mol. The molecule has 0 aliphatic heterocycles. The summed E-state index contributed by atoms with van der Waals surface area (Å²) >= 11 is 3.22. The van der Waals surface area contributed by atoms with Gasteiger partial charge in [0.2, 0.25) is 0 Å². The van der Waals surface area contributed by atoms with E-state index in [9.17, 15) is 14.9 Å². The van der Waals surface area contributed by atoms with Crippen molar-refractivity contribution in [1.82, 2.24) is 0 Å². The van der Waals surface area contributed by atoms with Gasteiger partial charge in [0.25, 0.3) is 5.69 Å². The molecule has 0 aliphatic rings. The van der Waals surface area contributed by atoms with Gasteiger partial charge in [0.05, 0.1) is 15.0 Å². The zero-order chi connectivity index (χ0) is 14.7. The Morgan fingerprint density at radius 2 is 1.80 bits per heavy atom. The van der Waals surface area contributed by atoms with Crippen molar-refractivity contribution in [3.63, 3.8) is 0 Å². The molecule has 102 valence electrons. The number of halogens is 1. The van der Waals surface area contributed by atoms with Crippen molar-refractivity contribution in [3.8, 4) is 16.9 Å². The molecular formula is C13H8BrNO5. The Bertz CT molecular complexity index is 686. The van der Waals surface area contributed by atoms with Gasteiger partial charge in [-0.25, -0.2) is 4.79 Å². The molecule has 0 aromatic heterocycles. The second-order valence-corrected chi connectivity index (χ2v) is 4.55. The molecule has 2 aromatic carbocycles. The third-order valence-corrected chi connectivity index (χ3v) is 3.37. The number of para-hydroxylation sites is 1. The highest BCUT2D eigenvalue weighted by Gasteiger charge is 2.18. The van der Waals surface area contributed by atoms with Gasteiger partial charge < -0.3 is 9.84 Å². The molecule has 2 aromatic rings. The van der Waals surface area contributed by atoms with Gasteiger partial charge in [-0.05, 0) is 28.1 Å². The Hall–Kier alpha value is -2.41. The lowest BCUT2D eigenvalue weighted by Gasteiger charge is -2.09. The summed E-state index contributed by atoms with van der Waals surface area (Å²) in [6.07, 6.45) is -1.45. The lowest BCUT2D eigenvalue weighted by molar-refractivity contribution is -0.384. The molecule has 6 nitrogen and oxygen atoms in total. The van der Waals surface area contributed by atoms with Crippen molar-refractivity contribution in [2.45, 2.75) is 0 Å². The summed E-state index contributed by atoms with van der Waals surface area (Å²) < 4.78 is 4.95. The van der Waals surface area contributed by atoms with Crippen LogP contribution in [-0.2, 0) is 0 Å². The first-order valence-electron chi connectivity index (χ1n) is 5.44. The lowest BCUT2D eigenvalue weighted by atomic mass is 10.0. The topological polar surface area (TPSA) is 89.7 Å². The van der Waals surface area contributed by atoms with Crippen molar-refractivity contribution < 1.29 is 19.6 Å². The smallest absolute Gasteiger partial charge is 0.449 e. The lowest BCUT2D eigenvalue weighted by Crippen LogP contribution is -2.03. The number of rotatable bonds is 3. The number of ether oxygens (including phenoxy) is 1. The average molecular weight is 338 g/mol. The van der Waals surface area contributed by atoms with E-state index >= 15 is 0 Å². The molecule has 7 heteroatoms. The molecule has 0 spiro atoms. The van der Waals surface area contributed by atoms with Crippen molar-refractivity contribution in [3.05, 3.63) is 57.1 Å². The molecule has 1 N–H and O–H groups in total. The SMILES string of the molecule is O=C(O)Oc1cccc(-c2ccccc2[N+](=O)[O-])c1Br. The Balaban J connectivity index is 2.59. The van der Waals surface area contributed by atoms with Crippen molar-refractivity contribution >= 4 is 27.8 Å². The monoisotopic (exact) mass is 337 g/mol. The number of nitrogens with zero attached hydrogens (tertiary/aromatic N) is 1. The quantitative estimate of drug-likeness (QED) is 0.394. The van der Waals surface area contributed by atoms with Crippen LogP contribution >= 0.6 is 15.9 Å². The second kappa shape index (κ2) is 5.70. The summed E-state index contributed by atoms with van der Waals surface area (Å²) in [6.45, 7) is 0. The van der Waals surface area contributed by atoms with Gasteiger partial charge in [0.15, 0.2) is 0 Å². The summed E-state index contributed by atoms with van der Waals surface area (Å²) in [5.41, 5.74) is 0.789. The average Bonchev–Trinajstić information content (AvgIpc) is 2.40. The number of nitro groups is 1. The van der Waals surface area contributed by atoms with Crippen LogP contribution in [0, 0.1) is 10.1 Å². The molecule has 0 fully saturated rings. The summed E-state index contributed by atoms with van der Waals surface area (Å²) in [6, 6.07) is 10.9. The molecule has 0 heterocycles. The van der Waals surface area contributed by atoms with Crippen LogP contribution < -0.4 is 4.74 Å². The molecule has 20 heavy (non-hydrogen) atoms. The summed E-state index contributed by atoms with van der Waals surface area (Å²) in [4.78, 5) is 21.1. The zero-order valence-corrected chi connectivity index (χ0v) is 11.5. The van der Waals surface area contributed by atoms with Gasteiger partial charge in [-0.15, -0.1) is 0 Å². The highest BCUT2D eigenvalue weighted by Crippen LogP contribution is 2.39. The maximum Gasteiger partial charge on any atom is 0.511 e. The molecule has 0 saturated heterocycles. The first kappa shape index (κ1) is 14.0. The van der Waals surface area contributed by atoms with Gasteiger partial charge >= 0.3 is 6.16 Å². The third kappa shape index (κ3) is 2.77. The summed E-state index contributed by atoms with van der Waals surface area (Å²) in [7, 11) is 0. The Morgan fingerprint density at radius 3 is 2.45 bits per heavy atom.